The Hall–Kier alpha value is -2.00. The first-order valence-electron chi connectivity index (χ1n) is 7.13. The molecule has 104 valence electrons. The van der Waals surface area contributed by atoms with E-state index in [1.807, 2.05) is 11.8 Å². The topological polar surface area (TPSA) is 24.9 Å². The van der Waals surface area contributed by atoms with Crippen LogP contribution in [0.4, 0.5) is 11.4 Å². The number of anilines is 2. The van der Waals surface area contributed by atoms with Crippen molar-refractivity contribution in [2.45, 2.75) is 18.4 Å². The minimum Gasteiger partial charge on any atom is -0.355 e. The van der Waals surface area contributed by atoms with Gasteiger partial charge in [-0.1, -0.05) is 35.9 Å². The van der Waals surface area contributed by atoms with Crippen molar-refractivity contribution < 1.29 is 0 Å². The molecular formula is C18H16N2S. The number of fused-ring (bicyclic) bond motifs is 2. The van der Waals surface area contributed by atoms with E-state index < -0.39 is 0 Å². The molecule has 0 saturated heterocycles. The minimum atomic E-state index is 1.02. The van der Waals surface area contributed by atoms with Gasteiger partial charge in [0.05, 0.1) is 16.9 Å². The molecule has 0 fully saturated rings. The summed E-state index contributed by atoms with van der Waals surface area (Å²) in [5.74, 6) is 2.06. The van der Waals surface area contributed by atoms with Crippen molar-refractivity contribution in [3.8, 4) is 0 Å². The number of rotatable bonds is 2. The van der Waals surface area contributed by atoms with Crippen LogP contribution in [0.5, 0.6) is 0 Å². The van der Waals surface area contributed by atoms with E-state index in [2.05, 4.69) is 60.8 Å². The van der Waals surface area contributed by atoms with Gasteiger partial charge in [-0.05, 0) is 25.1 Å². The van der Waals surface area contributed by atoms with Crippen LogP contribution in [0.15, 0.2) is 48.5 Å². The van der Waals surface area contributed by atoms with E-state index in [0.717, 1.165) is 22.7 Å². The third-order valence-corrected chi connectivity index (χ3v) is 4.86. The van der Waals surface area contributed by atoms with E-state index in [1.165, 1.54) is 27.9 Å². The van der Waals surface area contributed by atoms with Crippen LogP contribution in [0.1, 0.15) is 16.8 Å². The molecule has 2 nitrogen and oxygen atoms in total. The quantitative estimate of drug-likeness (QED) is 0.716. The fraction of sp³-hybridized carbons (Fsp3) is 0.167. The average Bonchev–Trinajstić information content (AvgIpc) is 2.97. The summed E-state index contributed by atoms with van der Waals surface area (Å²) in [6.07, 6.45) is 0. The van der Waals surface area contributed by atoms with Crippen LogP contribution in [0.25, 0.3) is 10.9 Å². The molecule has 0 unspecified atom stereocenters. The molecular weight excluding hydrogens is 276 g/mol. The summed E-state index contributed by atoms with van der Waals surface area (Å²) < 4.78 is 0. The third-order valence-electron chi connectivity index (χ3n) is 3.89. The smallest absolute Gasteiger partial charge is 0.0726 e. The minimum absolute atomic E-state index is 1.02. The maximum absolute atomic E-state index is 4.81. The number of aryl methyl sites for hydroxylation is 1. The SMILES string of the molecule is Cc1ccc(Nc2c3c(nc4ccccc24)CSC3)cc1. The Morgan fingerprint density at radius 1 is 1.00 bits per heavy atom. The molecule has 1 aliphatic rings. The maximum atomic E-state index is 4.81. The van der Waals surface area contributed by atoms with Gasteiger partial charge >= 0.3 is 0 Å². The van der Waals surface area contributed by atoms with Crippen molar-refractivity contribution in [2.75, 3.05) is 5.32 Å². The molecule has 0 aliphatic carbocycles. The number of aromatic nitrogens is 1. The first kappa shape index (κ1) is 12.7. The lowest BCUT2D eigenvalue weighted by Gasteiger charge is -2.14. The Balaban J connectivity index is 1.88. The molecule has 1 aromatic heterocycles. The van der Waals surface area contributed by atoms with Crippen LogP contribution >= 0.6 is 11.8 Å². The zero-order chi connectivity index (χ0) is 14.2. The lowest BCUT2D eigenvalue weighted by molar-refractivity contribution is 1.20. The fourth-order valence-corrected chi connectivity index (χ4v) is 3.80. The predicted molar refractivity (Wildman–Crippen MR) is 91.2 cm³/mol. The van der Waals surface area contributed by atoms with Crippen LogP contribution < -0.4 is 5.32 Å². The molecule has 21 heavy (non-hydrogen) atoms. The summed E-state index contributed by atoms with van der Waals surface area (Å²) >= 11 is 1.94. The second-order valence-electron chi connectivity index (χ2n) is 5.41. The number of hydrogen-bond donors (Lipinski definition) is 1. The molecule has 0 atom stereocenters. The molecule has 0 saturated carbocycles. The third kappa shape index (κ3) is 2.28. The highest BCUT2D eigenvalue weighted by Crippen LogP contribution is 2.39. The summed E-state index contributed by atoms with van der Waals surface area (Å²) in [7, 11) is 0. The van der Waals surface area contributed by atoms with Gasteiger partial charge in [-0.25, -0.2) is 0 Å². The monoisotopic (exact) mass is 292 g/mol. The second-order valence-corrected chi connectivity index (χ2v) is 6.40. The van der Waals surface area contributed by atoms with Crippen LogP contribution in [0.2, 0.25) is 0 Å². The van der Waals surface area contributed by atoms with Gasteiger partial charge in [0.25, 0.3) is 0 Å². The van der Waals surface area contributed by atoms with Crippen molar-refractivity contribution in [1.29, 1.82) is 0 Å². The lowest BCUT2D eigenvalue weighted by atomic mass is 10.1. The van der Waals surface area contributed by atoms with E-state index in [9.17, 15) is 0 Å². The molecule has 0 bridgehead atoms. The Bertz CT molecular complexity index is 809. The van der Waals surface area contributed by atoms with Crippen LogP contribution in [-0.2, 0) is 11.5 Å². The fourth-order valence-electron chi connectivity index (χ4n) is 2.75. The number of pyridine rings is 1. The Labute approximate surface area is 128 Å². The number of benzene rings is 2. The van der Waals surface area contributed by atoms with Gasteiger partial charge in [-0.15, -0.1) is 0 Å². The van der Waals surface area contributed by atoms with E-state index in [-0.39, 0.29) is 0 Å². The highest BCUT2D eigenvalue weighted by molar-refractivity contribution is 7.98. The standard InChI is InChI=1S/C18H16N2S/c1-12-6-8-13(9-7-12)19-18-14-4-2-3-5-16(14)20-17-11-21-10-15(17)18/h2-9H,10-11H2,1H3,(H,19,20). The van der Waals surface area contributed by atoms with Gasteiger partial charge < -0.3 is 5.32 Å². The van der Waals surface area contributed by atoms with Gasteiger partial charge in [0.2, 0.25) is 0 Å². The Morgan fingerprint density at radius 2 is 1.81 bits per heavy atom. The van der Waals surface area contributed by atoms with Crippen LogP contribution in [-0.4, -0.2) is 4.98 Å². The maximum Gasteiger partial charge on any atom is 0.0726 e. The number of para-hydroxylation sites is 1. The molecule has 1 N–H and O–H groups in total. The van der Waals surface area contributed by atoms with E-state index in [1.54, 1.807) is 0 Å². The highest BCUT2D eigenvalue weighted by Gasteiger charge is 2.19. The molecule has 1 aliphatic heterocycles. The van der Waals surface area contributed by atoms with Gasteiger partial charge in [-0.2, -0.15) is 11.8 Å². The molecule has 2 heterocycles. The van der Waals surface area contributed by atoms with Crippen molar-refractivity contribution in [3.63, 3.8) is 0 Å². The van der Waals surface area contributed by atoms with Gasteiger partial charge in [0.1, 0.15) is 0 Å². The first-order chi connectivity index (χ1) is 10.3. The summed E-state index contributed by atoms with van der Waals surface area (Å²) in [6.45, 7) is 2.11. The Kier molecular flexibility index (Phi) is 3.08. The van der Waals surface area contributed by atoms with Crippen LogP contribution in [0.3, 0.4) is 0 Å². The average molecular weight is 292 g/mol. The zero-order valence-electron chi connectivity index (χ0n) is 11.9. The second kappa shape index (κ2) is 5.08. The normalized spacial score (nSPS) is 13.4. The number of hydrogen-bond acceptors (Lipinski definition) is 3. The van der Waals surface area contributed by atoms with Crippen molar-refractivity contribution in [3.05, 3.63) is 65.4 Å². The summed E-state index contributed by atoms with van der Waals surface area (Å²) in [5.41, 5.74) is 7.31. The van der Waals surface area contributed by atoms with Crippen LogP contribution in [0, 0.1) is 6.92 Å². The molecule has 0 spiro atoms. The van der Waals surface area contributed by atoms with Gasteiger partial charge in [0, 0.05) is 28.1 Å². The number of nitrogens with one attached hydrogen (secondary N) is 1. The molecule has 0 amide bonds. The number of thioether (sulfide) groups is 1. The largest absolute Gasteiger partial charge is 0.355 e. The molecule has 2 aromatic carbocycles. The number of nitrogens with zero attached hydrogens (tertiary/aromatic N) is 1. The summed E-state index contributed by atoms with van der Waals surface area (Å²) in [4.78, 5) is 4.81. The zero-order valence-corrected chi connectivity index (χ0v) is 12.7. The lowest BCUT2D eigenvalue weighted by Crippen LogP contribution is -1.99. The van der Waals surface area contributed by atoms with Crippen molar-refractivity contribution >= 4 is 34.0 Å². The summed E-state index contributed by atoms with van der Waals surface area (Å²) in [6, 6.07) is 16.9. The van der Waals surface area contributed by atoms with E-state index in [0.29, 0.717) is 0 Å². The van der Waals surface area contributed by atoms with Crippen molar-refractivity contribution in [1.82, 2.24) is 4.98 Å². The first-order valence-corrected chi connectivity index (χ1v) is 8.29. The molecule has 3 heteroatoms. The Morgan fingerprint density at radius 3 is 2.67 bits per heavy atom. The van der Waals surface area contributed by atoms with Gasteiger partial charge in [0.15, 0.2) is 0 Å². The predicted octanol–water partition coefficient (Wildman–Crippen LogP) is 5.03. The van der Waals surface area contributed by atoms with E-state index >= 15 is 0 Å². The summed E-state index contributed by atoms with van der Waals surface area (Å²) in [5, 5.41) is 4.83. The molecule has 0 radical (unpaired) electrons. The van der Waals surface area contributed by atoms with Crippen molar-refractivity contribution in [2.24, 2.45) is 0 Å². The molecule has 3 aromatic rings. The molecule has 4 rings (SSSR count). The van der Waals surface area contributed by atoms with Gasteiger partial charge in [-0.3, -0.25) is 4.98 Å². The van der Waals surface area contributed by atoms with E-state index in [4.69, 9.17) is 4.98 Å². The highest BCUT2D eigenvalue weighted by atomic mass is 32.2.